The maximum atomic E-state index is 14.2. The summed E-state index contributed by atoms with van der Waals surface area (Å²) in [5.41, 5.74) is 0.212. The molecule has 4 rings (SSSR count). The minimum atomic E-state index is -1.70. The molecule has 0 aliphatic carbocycles. The number of hydrogen-bond donors (Lipinski definition) is 0. The number of benzene rings is 2. The molecule has 1 atom stereocenters. The van der Waals surface area contributed by atoms with E-state index >= 15 is 0 Å². The van der Waals surface area contributed by atoms with Gasteiger partial charge in [-0.25, -0.2) is 4.98 Å². The molecule has 8 nitrogen and oxygen atoms in total. The number of ketones is 1. The summed E-state index contributed by atoms with van der Waals surface area (Å²) in [7, 11) is 0. The van der Waals surface area contributed by atoms with Crippen LogP contribution in [0.1, 0.15) is 54.0 Å². The third kappa shape index (κ3) is 6.66. The minimum absolute atomic E-state index is 0.0150. The summed E-state index contributed by atoms with van der Waals surface area (Å²) in [6.45, 7) is 7.03. The van der Waals surface area contributed by atoms with Crippen LogP contribution in [-0.4, -0.2) is 38.0 Å². The van der Waals surface area contributed by atoms with E-state index in [4.69, 9.17) is 16.3 Å². The molecule has 40 heavy (non-hydrogen) atoms. The second kappa shape index (κ2) is 12.1. The van der Waals surface area contributed by atoms with E-state index in [2.05, 4.69) is 9.97 Å². The van der Waals surface area contributed by atoms with E-state index in [0.29, 0.717) is 33.2 Å². The lowest BCUT2D eigenvalue weighted by atomic mass is 9.93. The highest BCUT2D eigenvalue weighted by Crippen LogP contribution is 2.35. The van der Waals surface area contributed by atoms with E-state index in [1.165, 1.54) is 24.0 Å². The Bertz CT molecular complexity index is 1590. The van der Waals surface area contributed by atoms with Crippen molar-refractivity contribution in [3.8, 4) is 0 Å². The van der Waals surface area contributed by atoms with Gasteiger partial charge in [-0.2, -0.15) is 0 Å². The standard InChI is InChI=1S/C30H28ClN3O5S/c1-5-40-24-15-20-14-21(31)11-12-22(20)33-27(24)28(35)25(26-23(34(37)38)13-18(2)17-32-26)29(36)39-30(3,4)16-19-9-7-6-8-10-19/h6-15,17,25H,5,16H2,1-4H3. The summed E-state index contributed by atoms with van der Waals surface area (Å²) in [4.78, 5) is 48.8. The van der Waals surface area contributed by atoms with E-state index < -0.39 is 33.9 Å². The fraction of sp³-hybridized carbons (Fsp3) is 0.267. The minimum Gasteiger partial charge on any atom is -0.458 e. The van der Waals surface area contributed by atoms with Gasteiger partial charge in [-0.15, -0.1) is 11.8 Å². The number of Topliss-reactive ketones (excluding diaryl/α,β-unsaturated/α-hetero) is 1. The Kier molecular flexibility index (Phi) is 8.85. The molecule has 2 heterocycles. The lowest BCUT2D eigenvalue weighted by Crippen LogP contribution is -2.36. The maximum Gasteiger partial charge on any atom is 0.323 e. The largest absolute Gasteiger partial charge is 0.458 e. The summed E-state index contributed by atoms with van der Waals surface area (Å²) in [6.07, 6.45) is 1.76. The number of nitrogens with zero attached hydrogens (tertiary/aromatic N) is 3. The third-order valence-electron chi connectivity index (χ3n) is 6.13. The number of fused-ring (bicyclic) bond motifs is 1. The van der Waals surface area contributed by atoms with Gasteiger partial charge < -0.3 is 4.74 Å². The van der Waals surface area contributed by atoms with Gasteiger partial charge >= 0.3 is 5.97 Å². The van der Waals surface area contributed by atoms with Crippen LogP contribution in [0, 0.1) is 17.0 Å². The molecule has 0 bridgehead atoms. The molecular weight excluding hydrogens is 550 g/mol. The number of esters is 1. The Labute approximate surface area is 241 Å². The highest BCUT2D eigenvalue weighted by atomic mass is 35.5. The van der Waals surface area contributed by atoms with Crippen molar-refractivity contribution in [2.24, 2.45) is 0 Å². The molecule has 206 valence electrons. The Morgan fingerprint density at radius 3 is 2.52 bits per heavy atom. The number of thioether (sulfide) groups is 1. The zero-order valence-corrected chi connectivity index (χ0v) is 24.1. The summed E-state index contributed by atoms with van der Waals surface area (Å²) >= 11 is 7.54. The van der Waals surface area contributed by atoms with Crippen molar-refractivity contribution in [1.82, 2.24) is 9.97 Å². The molecule has 4 aromatic rings. The number of halogens is 1. The van der Waals surface area contributed by atoms with E-state index in [1.807, 2.05) is 37.3 Å². The van der Waals surface area contributed by atoms with Gasteiger partial charge in [-0.05, 0) is 61.9 Å². The first kappa shape index (κ1) is 29.2. The lowest BCUT2D eigenvalue weighted by molar-refractivity contribution is -0.386. The van der Waals surface area contributed by atoms with Gasteiger partial charge in [-0.1, -0.05) is 48.9 Å². The van der Waals surface area contributed by atoms with Crippen molar-refractivity contribution in [3.05, 3.63) is 105 Å². The first-order chi connectivity index (χ1) is 19.0. The number of ether oxygens (including phenoxy) is 1. The molecule has 0 saturated heterocycles. The molecule has 0 aliphatic rings. The average molecular weight is 578 g/mol. The molecule has 0 amide bonds. The predicted molar refractivity (Wildman–Crippen MR) is 156 cm³/mol. The third-order valence-corrected chi connectivity index (χ3v) is 7.27. The number of hydrogen-bond acceptors (Lipinski definition) is 8. The first-order valence-electron chi connectivity index (χ1n) is 12.6. The van der Waals surface area contributed by atoms with Crippen molar-refractivity contribution in [2.75, 3.05) is 5.75 Å². The summed E-state index contributed by atoms with van der Waals surface area (Å²) in [6, 6.07) is 17.6. The van der Waals surface area contributed by atoms with Crippen molar-refractivity contribution in [3.63, 3.8) is 0 Å². The molecule has 0 aliphatic heterocycles. The van der Waals surface area contributed by atoms with Crippen LogP contribution in [0.15, 0.2) is 71.8 Å². The van der Waals surface area contributed by atoms with Crippen LogP contribution in [0.2, 0.25) is 5.02 Å². The van der Waals surface area contributed by atoms with Crippen LogP contribution >= 0.6 is 23.4 Å². The number of aromatic nitrogens is 2. The van der Waals surface area contributed by atoms with E-state index in [1.54, 1.807) is 45.0 Å². The highest BCUT2D eigenvalue weighted by molar-refractivity contribution is 7.99. The van der Waals surface area contributed by atoms with Crippen molar-refractivity contribution >= 4 is 51.7 Å². The SMILES string of the molecule is CCSc1cc2cc(Cl)ccc2nc1C(=O)C(C(=O)OC(C)(C)Cc1ccccc1)c1ncc(C)cc1[N+](=O)[O-]. The van der Waals surface area contributed by atoms with Crippen LogP contribution < -0.4 is 0 Å². The lowest BCUT2D eigenvalue weighted by Gasteiger charge is -2.27. The molecule has 0 fully saturated rings. The first-order valence-corrected chi connectivity index (χ1v) is 14.0. The van der Waals surface area contributed by atoms with Crippen LogP contribution in [0.4, 0.5) is 5.69 Å². The molecule has 0 radical (unpaired) electrons. The smallest absolute Gasteiger partial charge is 0.323 e. The quantitative estimate of drug-likeness (QED) is 0.0488. The Morgan fingerprint density at radius 1 is 1.12 bits per heavy atom. The zero-order valence-electron chi connectivity index (χ0n) is 22.5. The molecule has 1 unspecified atom stereocenters. The molecule has 0 N–H and O–H groups in total. The van der Waals surface area contributed by atoms with Gasteiger partial charge in [0.15, 0.2) is 5.92 Å². The van der Waals surface area contributed by atoms with E-state index in [9.17, 15) is 19.7 Å². The van der Waals surface area contributed by atoms with Gasteiger partial charge in [-0.3, -0.25) is 24.7 Å². The molecule has 2 aromatic heterocycles. The highest BCUT2D eigenvalue weighted by Gasteiger charge is 2.41. The number of aryl methyl sites for hydroxylation is 1. The average Bonchev–Trinajstić information content (AvgIpc) is 2.89. The number of rotatable bonds is 10. The Balaban J connectivity index is 1.84. The van der Waals surface area contributed by atoms with Gasteiger partial charge in [0.05, 0.1) is 10.4 Å². The van der Waals surface area contributed by atoms with Crippen LogP contribution in [-0.2, 0) is 16.0 Å². The zero-order chi connectivity index (χ0) is 29.0. The number of carbonyl (C=O) groups excluding carboxylic acids is 2. The van der Waals surface area contributed by atoms with E-state index in [-0.39, 0.29) is 11.4 Å². The molecule has 10 heteroatoms. The topological polar surface area (TPSA) is 112 Å². The normalized spacial score (nSPS) is 12.2. The Morgan fingerprint density at radius 2 is 1.85 bits per heavy atom. The summed E-state index contributed by atoms with van der Waals surface area (Å²) in [5.74, 6) is -2.75. The van der Waals surface area contributed by atoms with Crippen LogP contribution in [0.3, 0.4) is 0 Å². The van der Waals surface area contributed by atoms with Crippen molar-refractivity contribution < 1.29 is 19.2 Å². The number of pyridine rings is 2. The maximum absolute atomic E-state index is 14.2. The second-order valence-electron chi connectivity index (χ2n) is 9.92. The fourth-order valence-electron chi connectivity index (χ4n) is 4.44. The van der Waals surface area contributed by atoms with Gasteiger partial charge in [0, 0.05) is 34.0 Å². The summed E-state index contributed by atoms with van der Waals surface area (Å²) in [5, 5.41) is 13.3. The fourth-order valence-corrected chi connectivity index (χ4v) is 5.42. The molecular formula is C30H28ClN3O5S. The summed E-state index contributed by atoms with van der Waals surface area (Å²) < 4.78 is 5.89. The molecule has 0 spiro atoms. The van der Waals surface area contributed by atoms with E-state index in [0.717, 1.165) is 10.9 Å². The Hall–Kier alpha value is -3.82. The van der Waals surface area contributed by atoms with Crippen molar-refractivity contribution in [1.29, 1.82) is 0 Å². The van der Waals surface area contributed by atoms with Gasteiger partial charge in [0.25, 0.3) is 5.69 Å². The van der Waals surface area contributed by atoms with Crippen LogP contribution in [0.25, 0.3) is 10.9 Å². The molecule has 0 saturated carbocycles. The second-order valence-corrected chi connectivity index (χ2v) is 11.7. The van der Waals surface area contributed by atoms with Crippen LogP contribution in [0.5, 0.6) is 0 Å². The number of carbonyl (C=O) groups is 2. The number of nitro groups is 1. The predicted octanol–water partition coefficient (Wildman–Crippen LogP) is 7.14. The van der Waals surface area contributed by atoms with Gasteiger partial charge in [0.1, 0.15) is 17.0 Å². The van der Waals surface area contributed by atoms with Crippen molar-refractivity contribution in [2.45, 2.75) is 50.5 Å². The van der Waals surface area contributed by atoms with Gasteiger partial charge in [0.2, 0.25) is 5.78 Å². The monoisotopic (exact) mass is 577 g/mol. The molecule has 2 aromatic carbocycles.